The molecular weight excluding hydrogens is 144 g/mol. The van der Waals surface area contributed by atoms with Crippen molar-refractivity contribution in [1.82, 2.24) is 4.90 Å². The van der Waals surface area contributed by atoms with Gasteiger partial charge in [-0.25, -0.2) is 9.69 Å². The van der Waals surface area contributed by atoms with Gasteiger partial charge in [0.15, 0.2) is 6.19 Å². The number of carboxylic acid groups (broad SMARTS) is 1. The highest BCUT2D eigenvalue weighted by Gasteiger charge is 2.08. The van der Waals surface area contributed by atoms with Crippen molar-refractivity contribution in [2.45, 2.75) is 26.2 Å². The van der Waals surface area contributed by atoms with E-state index in [1.54, 1.807) is 6.19 Å². The lowest BCUT2D eigenvalue weighted by Crippen LogP contribution is -2.24. The molecule has 62 valence electrons. The van der Waals surface area contributed by atoms with Crippen molar-refractivity contribution in [2.75, 3.05) is 6.54 Å². The predicted molar refractivity (Wildman–Crippen MR) is 39.9 cm³/mol. The van der Waals surface area contributed by atoms with Crippen LogP contribution in [0.5, 0.6) is 0 Å². The summed E-state index contributed by atoms with van der Waals surface area (Å²) in [4.78, 5) is 11.0. The predicted octanol–water partition coefficient (Wildman–Crippen LogP) is 1.64. The van der Waals surface area contributed by atoms with E-state index in [4.69, 9.17) is 10.4 Å². The maximum atomic E-state index is 10.2. The van der Waals surface area contributed by atoms with Crippen LogP contribution in [0.4, 0.5) is 4.79 Å². The van der Waals surface area contributed by atoms with Gasteiger partial charge in [-0.1, -0.05) is 19.8 Å². The van der Waals surface area contributed by atoms with Gasteiger partial charge >= 0.3 is 6.09 Å². The summed E-state index contributed by atoms with van der Waals surface area (Å²) >= 11 is 0. The normalized spacial score (nSPS) is 8.73. The maximum Gasteiger partial charge on any atom is 0.420 e. The number of rotatable bonds is 4. The fourth-order valence-electron chi connectivity index (χ4n) is 0.708. The van der Waals surface area contributed by atoms with Crippen LogP contribution >= 0.6 is 0 Å². The number of amides is 1. The Morgan fingerprint density at radius 1 is 1.64 bits per heavy atom. The third-order valence-corrected chi connectivity index (χ3v) is 1.34. The summed E-state index contributed by atoms with van der Waals surface area (Å²) in [5, 5.41) is 16.7. The highest BCUT2D eigenvalue weighted by atomic mass is 16.4. The van der Waals surface area contributed by atoms with E-state index in [1.807, 2.05) is 6.92 Å². The first-order valence-corrected chi connectivity index (χ1v) is 3.62. The second kappa shape index (κ2) is 5.54. The van der Waals surface area contributed by atoms with Crippen LogP contribution in [0.2, 0.25) is 0 Å². The molecule has 0 aliphatic carbocycles. The Hall–Kier alpha value is -1.24. The van der Waals surface area contributed by atoms with Gasteiger partial charge in [0, 0.05) is 6.54 Å². The summed E-state index contributed by atoms with van der Waals surface area (Å²) in [6, 6.07) is 0. The summed E-state index contributed by atoms with van der Waals surface area (Å²) in [5.74, 6) is 0. The molecule has 4 heteroatoms. The molecule has 0 saturated heterocycles. The van der Waals surface area contributed by atoms with E-state index in [0.29, 0.717) is 6.54 Å². The first kappa shape index (κ1) is 9.76. The number of unbranched alkanes of at least 4 members (excludes halogenated alkanes) is 2. The lowest BCUT2D eigenvalue weighted by atomic mass is 10.2. The lowest BCUT2D eigenvalue weighted by molar-refractivity contribution is 0.165. The van der Waals surface area contributed by atoms with Crippen LogP contribution in [-0.4, -0.2) is 22.6 Å². The average Bonchev–Trinajstić information content (AvgIpc) is 1.97. The Morgan fingerprint density at radius 2 is 2.27 bits per heavy atom. The zero-order chi connectivity index (χ0) is 8.69. The van der Waals surface area contributed by atoms with E-state index in [9.17, 15) is 4.79 Å². The lowest BCUT2D eigenvalue weighted by Gasteiger charge is -2.07. The number of nitrogens with zero attached hydrogens (tertiary/aromatic N) is 2. The van der Waals surface area contributed by atoms with E-state index in [2.05, 4.69) is 0 Å². The van der Waals surface area contributed by atoms with Crippen LogP contribution in [-0.2, 0) is 0 Å². The summed E-state index contributed by atoms with van der Waals surface area (Å²) in [6.45, 7) is 2.34. The van der Waals surface area contributed by atoms with Crippen LogP contribution in [0.1, 0.15) is 26.2 Å². The van der Waals surface area contributed by atoms with E-state index in [0.717, 1.165) is 24.2 Å². The zero-order valence-corrected chi connectivity index (χ0v) is 6.58. The maximum absolute atomic E-state index is 10.2. The van der Waals surface area contributed by atoms with Gasteiger partial charge in [0.25, 0.3) is 0 Å². The molecule has 0 aliphatic rings. The van der Waals surface area contributed by atoms with Gasteiger partial charge in [-0.05, 0) is 6.42 Å². The first-order chi connectivity index (χ1) is 5.22. The van der Waals surface area contributed by atoms with Crippen molar-refractivity contribution >= 4 is 6.09 Å². The molecule has 0 heterocycles. The Balaban J connectivity index is 3.55. The SMILES string of the molecule is CCCCCN(C#N)C(=O)O. The van der Waals surface area contributed by atoms with Gasteiger partial charge in [0.1, 0.15) is 0 Å². The highest BCUT2D eigenvalue weighted by molar-refractivity contribution is 5.66. The van der Waals surface area contributed by atoms with Crippen molar-refractivity contribution in [3.8, 4) is 6.19 Å². The fraction of sp³-hybridized carbons (Fsp3) is 0.714. The topological polar surface area (TPSA) is 64.3 Å². The van der Waals surface area contributed by atoms with Crippen LogP contribution in [0.3, 0.4) is 0 Å². The minimum Gasteiger partial charge on any atom is -0.464 e. The molecule has 0 atom stereocenters. The fourth-order valence-corrected chi connectivity index (χ4v) is 0.708. The molecule has 0 fully saturated rings. The number of hydrogen-bond donors (Lipinski definition) is 1. The summed E-state index contributed by atoms with van der Waals surface area (Å²) < 4.78 is 0. The highest BCUT2D eigenvalue weighted by Crippen LogP contribution is 1.97. The summed E-state index contributed by atoms with van der Waals surface area (Å²) in [5.41, 5.74) is 0. The standard InChI is InChI=1S/C7H12N2O2/c1-2-3-4-5-9(6-8)7(10)11/h2-5H2,1H3,(H,10,11). The number of hydrogen-bond acceptors (Lipinski definition) is 2. The molecule has 1 amide bonds. The van der Waals surface area contributed by atoms with Crippen LogP contribution < -0.4 is 0 Å². The van der Waals surface area contributed by atoms with Gasteiger partial charge in [-0.15, -0.1) is 0 Å². The minimum absolute atomic E-state index is 0.319. The Labute approximate surface area is 66.0 Å². The van der Waals surface area contributed by atoms with E-state index in [-0.39, 0.29) is 0 Å². The van der Waals surface area contributed by atoms with Crippen molar-refractivity contribution in [3.63, 3.8) is 0 Å². The van der Waals surface area contributed by atoms with Crippen molar-refractivity contribution in [2.24, 2.45) is 0 Å². The van der Waals surface area contributed by atoms with Crippen LogP contribution in [0.25, 0.3) is 0 Å². The Bertz CT molecular complexity index is 162. The van der Waals surface area contributed by atoms with Crippen LogP contribution in [0, 0.1) is 11.5 Å². The number of carbonyl (C=O) groups is 1. The first-order valence-electron chi connectivity index (χ1n) is 3.62. The van der Waals surface area contributed by atoms with Crippen molar-refractivity contribution in [1.29, 1.82) is 5.26 Å². The second-order valence-corrected chi connectivity index (χ2v) is 2.24. The van der Waals surface area contributed by atoms with Gasteiger partial charge in [-0.2, -0.15) is 5.26 Å². The molecule has 0 bridgehead atoms. The minimum atomic E-state index is -1.16. The Morgan fingerprint density at radius 3 is 2.64 bits per heavy atom. The molecule has 11 heavy (non-hydrogen) atoms. The van der Waals surface area contributed by atoms with E-state index < -0.39 is 6.09 Å². The zero-order valence-electron chi connectivity index (χ0n) is 6.58. The Kier molecular flexibility index (Phi) is 4.91. The largest absolute Gasteiger partial charge is 0.464 e. The molecule has 0 spiro atoms. The molecular formula is C7H12N2O2. The van der Waals surface area contributed by atoms with Crippen LogP contribution in [0.15, 0.2) is 0 Å². The molecule has 0 aromatic heterocycles. The molecule has 0 aliphatic heterocycles. The molecule has 0 radical (unpaired) electrons. The molecule has 0 saturated carbocycles. The van der Waals surface area contributed by atoms with E-state index >= 15 is 0 Å². The summed E-state index contributed by atoms with van der Waals surface area (Å²) in [7, 11) is 0. The molecule has 0 aromatic rings. The molecule has 0 rings (SSSR count). The van der Waals surface area contributed by atoms with E-state index in [1.165, 1.54) is 0 Å². The third-order valence-electron chi connectivity index (χ3n) is 1.34. The van der Waals surface area contributed by atoms with Gasteiger partial charge in [0.05, 0.1) is 0 Å². The second-order valence-electron chi connectivity index (χ2n) is 2.24. The monoisotopic (exact) mass is 156 g/mol. The third kappa shape index (κ3) is 4.20. The molecule has 0 unspecified atom stereocenters. The quantitative estimate of drug-likeness (QED) is 0.382. The van der Waals surface area contributed by atoms with Gasteiger partial charge in [-0.3, -0.25) is 0 Å². The average molecular weight is 156 g/mol. The van der Waals surface area contributed by atoms with Crippen molar-refractivity contribution in [3.05, 3.63) is 0 Å². The van der Waals surface area contributed by atoms with Gasteiger partial charge < -0.3 is 5.11 Å². The number of nitriles is 1. The molecule has 1 N–H and O–H groups in total. The van der Waals surface area contributed by atoms with Gasteiger partial charge in [0.2, 0.25) is 0 Å². The smallest absolute Gasteiger partial charge is 0.420 e. The summed E-state index contributed by atoms with van der Waals surface area (Å²) in [6.07, 6.45) is 3.18. The molecule has 0 aromatic carbocycles. The molecule has 4 nitrogen and oxygen atoms in total. The van der Waals surface area contributed by atoms with Crippen molar-refractivity contribution < 1.29 is 9.90 Å².